The summed E-state index contributed by atoms with van der Waals surface area (Å²) in [6, 6.07) is 7.94. The number of nitrogens with zero attached hydrogens (tertiary/aromatic N) is 2. The van der Waals surface area contributed by atoms with Crippen molar-refractivity contribution in [3.8, 4) is 0 Å². The van der Waals surface area contributed by atoms with E-state index in [0.717, 1.165) is 19.4 Å². The van der Waals surface area contributed by atoms with E-state index in [1.165, 1.54) is 6.07 Å². The van der Waals surface area contributed by atoms with Crippen molar-refractivity contribution in [3.63, 3.8) is 0 Å². The highest BCUT2D eigenvalue weighted by Crippen LogP contribution is 2.13. The molecule has 1 amide bonds. The number of anilines is 1. The van der Waals surface area contributed by atoms with Gasteiger partial charge in [0.05, 0.1) is 6.10 Å². The van der Waals surface area contributed by atoms with Crippen molar-refractivity contribution >= 4 is 11.9 Å². The zero-order chi connectivity index (χ0) is 17.6. The number of hydrogen-bond acceptors (Lipinski definition) is 5. The van der Waals surface area contributed by atoms with Crippen molar-refractivity contribution in [1.82, 2.24) is 15.3 Å². The Bertz CT molecular complexity index is 748. The summed E-state index contributed by atoms with van der Waals surface area (Å²) < 4.78 is 19.2. The number of halogens is 1. The fourth-order valence-corrected chi connectivity index (χ4v) is 2.68. The summed E-state index contributed by atoms with van der Waals surface area (Å²) in [6.07, 6.45) is 2.22. The maximum Gasteiger partial charge on any atom is 0.270 e. The van der Waals surface area contributed by atoms with Crippen molar-refractivity contribution in [3.05, 3.63) is 53.1 Å². The topological polar surface area (TPSA) is 76.1 Å². The van der Waals surface area contributed by atoms with Crippen LogP contribution in [0.2, 0.25) is 0 Å². The Morgan fingerprint density at radius 3 is 2.96 bits per heavy atom. The summed E-state index contributed by atoms with van der Waals surface area (Å²) >= 11 is 0. The number of amides is 1. The van der Waals surface area contributed by atoms with Gasteiger partial charge in [0.1, 0.15) is 11.5 Å². The lowest BCUT2D eigenvalue weighted by Crippen LogP contribution is -2.26. The molecule has 2 N–H and O–H groups in total. The molecule has 1 unspecified atom stereocenters. The van der Waals surface area contributed by atoms with Gasteiger partial charge in [0.15, 0.2) is 0 Å². The number of aromatic nitrogens is 2. The fourth-order valence-electron chi connectivity index (χ4n) is 2.68. The molecule has 0 bridgehead atoms. The normalized spacial score (nSPS) is 16.6. The molecule has 0 radical (unpaired) electrons. The Labute approximate surface area is 145 Å². The number of carbonyl (C=O) groups is 1. The Morgan fingerprint density at radius 2 is 2.20 bits per heavy atom. The van der Waals surface area contributed by atoms with Gasteiger partial charge in [-0.05, 0) is 31.9 Å². The van der Waals surface area contributed by atoms with Gasteiger partial charge in [-0.25, -0.2) is 14.4 Å². The van der Waals surface area contributed by atoms with Crippen molar-refractivity contribution in [1.29, 1.82) is 0 Å². The number of ether oxygens (including phenoxy) is 1. The van der Waals surface area contributed by atoms with Crippen molar-refractivity contribution < 1.29 is 13.9 Å². The third-order valence-corrected chi connectivity index (χ3v) is 4.00. The first-order valence-corrected chi connectivity index (χ1v) is 8.34. The smallest absolute Gasteiger partial charge is 0.270 e. The molecular formula is C18H21FN4O2. The van der Waals surface area contributed by atoms with Crippen LogP contribution in [0, 0.1) is 12.7 Å². The van der Waals surface area contributed by atoms with E-state index in [1.54, 1.807) is 31.2 Å². The average Bonchev–Trinajstić information content (AvgIpc) is 3.12. The maximum absolute atomic E-state index is 13.6. The molecule has 3 rings (SSSR count). The molecule has 1 saturated heterocycles. The van der Waals surface area contributed by atoms with E-state index in [4.69, 9.17) is 4.74 Å². The first kappa shape index (κ1) is 17.3. The summed E-state index contributed by atoms with van der Waals surface area (Å²) in [5, 5.41) is 5.80. The van der Waals surface area contributed by atoms with Crippen LogP contribution in [0.25, 0.3) is 0 Å². The molecule has 0 aliphatic carbocycles. The third kappa shape index (κ3) is 4.73. The van der Waals surface area contributed by atoms with Crippen LogP contribution in [0.3, 0.4) is 0 Å². The van der Waals surface area contributed by atoms with Crippen LogP contribution in [0.5, 0.6) is 0 Å². The minimum absolute atomic E-state index is 0.104. The minimum atomic E-state index is -0.367. The molecule has 1 aromatic heterocycles. The minimum Gasteiger partial charge on any atom is -0.376 e. The predicted molar refractivity (Wildman–Crippen MR) is 91.8 cm³/mol. The lowest BCUT2D eigenvalue weighted by molar-refractivity contribution is 0.0945. The predicted octanol–water partition coefficient (Wildman–Crippen LogP) is 2.45. The molecule has 0 spiro atoms. The SMILES string of the molecule is Cc1cc(C(=O)NCc2ccccc2F)nc(NCC2CCCO2)n1. The second-order valence-corrected chi connectivity index (χ2v) is 6.01. The van der Waals surface area contributed by atoms with E-state index in [2.05, 4.69) is 20.6 Å². The highest BCUT2D eigenvalue weighted by Gasteiger charge is 2.16. The summed E-state index contributed by atoms with van der Waals surface area (Å²) in [5.41, 5.74) is 1.36. The third-order valence-electron chi connectivity index (χ3n) is 4.00. The molecule has 0 saturated carbocycles. The van der Waals surface area contributed by atoms with Gasteiger partial charge in [0.2, 0.25) is 5.95 Å². The van der Waals surface area contributed by atoms with Gasteiger partial charge in [0.25, 0.3) is 5.91 Å². The number of rotatable bonds is 6. The van der Waals surface area contributed by atoms with Gasteiger partial charge in [-0.3, -0.25) is 4.79 Å². The summed E-state index contributed by atoms with van der Waals surface area (Å²) in [7, 11) is 0. The molecular weight excluding hydrogens is 323 g/mol. The molecule has 1 atom stereocenters. The molecule has 2 aromatic rings. The van der Waals surface area contributed by atoms with E-state index < -0.39 is 0 Å². The second kappa shape index (κ2) is 8.02. The summed E-state index contributed by atoms with van der Waals surface area (Å²) in [5.74, 6) is -0.318. The number of carbonyl (C=O) groups excluding carboxylic acids is 1. The Kier molecular flexibility index (Phi) is 5.55. The molecule has 132 valence electrons. The molecule has 1 aliphatic rings. The van der Waals surface area contributed by atoms with Crippen LogP contribution in [0.4, 0.5) is 10.3 Å². The van der Waals surface area contributed by atoms with E-state index in [0.29, 0.717) is 23.8 Å². The van der Waals surface area contributed by atoms with Crippen LogP contribution >= 0.6 is 0 Å². The zero-order valence-electron chi connectivity index (χ0n) is 14.1. The first-order valence-electron chi connectivity index (χ1n) is 8.34. The lowest BCUT2D eigenvalue weighted by atomic mass is 10.2. The first-order chi connectivity index (χ1) is 12.1. The fraction of sp³-hybridized carbons (Fsp3) is 0.389. The Hall–Kier alpha value is -2.54. The van der Waals surface area contributed by atoms with Gasteiger partial charge in [0, 0.05) is 31.0 Å². The summed E-state index contributed by atoms with van der Waals surface area (Å²) in [6.45, 7) is 3.30. The standard InChI is InChI=1S/C18H21FN4O2/c1-12-9-16(17(24)20-10-13-5-2-3-7-15(13)19)23-18(22-12)21-11-14-6-4-8-25-14/h2-3,5,7,9,14H,4,6,8,10-11H2,1H3,(H,20,24)(H,21,22,23). The quantitative estimate of drug-likeness (QED) is 0.842. The van der Waals surface area contributed by atoms with E-state index >= 15 is 0 Å². The second-order valence-electron chi connectivity index (χ2n) is 6.01. The largest absolute Gasteiger partial charge is 0.376 e. The van der Waals surface area contributed by atoms with Crippen LogP contribution in [-0.4, -0.2) is 35.1 Å². The number of nitrogens with one attached hydrogen (secondary N) is 2. The molecule has 7 heteroatoms. The van der Waals surface area contributed by atoms with Gasteiger partial charge in [-0.1, -0.05) is 18.2 Å². The van der Waals surface area contributed by atoms with Crippen LogP contribution in [0.15, 0.2) is 30.3 Å². The summed E-state index contributed by atoms with van der Waals surface area (Å²) in [4.78, 5) is 20.9. The van der Waals surface area contributed by atoms with Gasteiger partial charge >= 0.3 is 0 Å². The zero-order valence-corrected chi connectivity index (χ0v) is 14.1. The Balaban J connectivity index is 1.62. The number of hydrogen-bond donors (Lipinski definition) is 2. The van der Waals surface area contributed by atoms with Crippen LogP contribution in [0.1, 0.15) is 34.6 Å². The number of aryl methyl sites for hydroxylation is 1. The molecule has 1 aromatic carbocycles. The van der Waals surface area contributed by atoms with Crippen molar-refractivity contribution in [2.75, 3.05) is 18.5 Å². The molecule has 1 fully saturated rings. The van der Waals surface area contributed by atoms with Crippen LogP contribution < -0.4 is 10.6 Å². The van der Waals surface area contributed by atoms with Gasteiger partial charge < -0.3 is 15.4 Å². The van der Waals surface area contributed by atoms with Gasteiger partial charge in [-0.2, -0.15) is 0 Å². The monoisotopic (exact) mass is 344 g/mol. The van der Waals surface area contributed by atoms with E-state index in [-0.39, 0.29) is 30.1 Å². The molecule has 1 aliphatic heterocycles. The molecule has 6 nitrogen and oxygen atoms in total. The lowest BCUT2D eigenvalue weighted by Gasteiger charge is -2.12. The van der Waals surface area contributed by atoms with Crippen LogP contribution in [-0.2, 0) is 11.3 Å². The average molecular weight is 344 g/mol. The molecule has 2 heterocycles. The number of benzene rings is 1. The maximum atomic E-state index is 13.6. The van der Waals surface area contributed by atoms with Crippen molar-refractivity contribution in [2.45, 2.75) is 32.4 Å². The highest BCUT2D eigenvalue weighted by atomic mass is 19.1. The van der Waals surface area contributed by atoms with E-state index in [9.17, 15) is 9.18 Å². The van der Waals surface area contributed by atoms with Gasteiger partial charge in [-0.15, -0.1) is 0 Å². The van der Waals surface area contributed by atoms with E-state index in [1.807, 2.05) is 0 Å². The highest BCUT2D eigenvalue weighted by molar-refractivity contribution is 5.92. The Morgan fingerprint density at radius 1 is 1.36 bits per heavy atom. The molecule has 25 heavy (non-hydrogen) atoms. The van der Waals surface area contributed by atoms with Crippen molar-refractivity contribution in [2.24, 2.45) is 0 Å².